The summed E-state index contributed by atoms with van der Waals surface area (Å²) in [6, 6.07) is 6.26. The van der Waals surface area contributed by atoms with Crippen LogP contribution in [0.5, 0.6) is 5.75 Å². The molecule has 0 fully saturated rings. The Morgan fingerprint density at radius 2 is 1.95 bits per heavy atom. The van der Waals surface area contributed by atoms with Crippen molar-refractivity contribution in [3.8, 4) is 5.75 Å². The summed E-state index contributed by atoms with van der Waals surface area (Å²) in [4.78, 5) is 0. The molecule has 0 amide bonds. The summed E-state index contributed by atoms with van der Waals surface area (Å²) in [5, 5.41) is 3.34. The Balaban J connectivity index is 2.93. The van der Waals surface area contributed by atoms with Crippen LogP contribution >= 0.6 is 0 Å². The summed E-state index contributed by atoms with van der Waals surface area (Å²) in [6.45, 7) is 6.96. The highest BCUT2D eigenvalue weighted by atomic mass is 19.4. The normalized spacial score (nSPS) is 14.9. The molecule has 114 valence electrons. The van der Waals surface area contributed by atoms with Crippen LogP contribution in [0.4, 0.5) is 13.2 Å². The summed E-state index contributed by atoms with van der Waals surface area (Å²) >= 11 is 0. The van der Waals surface area contributed by atoms with Crippen molar-refractivity contribution in [1.82, 2.24) is 5.32 Å². The van der Waals surface area contributed by atoms with E-state index in [0.717, 1.165) is 24.9 Å². The van der Waals surface area contributed by atoms with Crippen LogP contribution in [0, 0.1) is 5.92 Å². The molecule has 1 N–H and O–H groups in total. The molecule has 0 aliphatic rings. The smallest absolute Gasteiger partial charge is 0.406 e. The molecule has 2 unspecified atom stereocenters. The van der Waals surface area contributed by atoms with Crippen molar-refractivity contribution in [3.05, 3.63) is 29.8 Å². The van der Waals surface area contributed by atoms with Crippen LogP contribution < -0.4 is 10.1 Å². The van der Waals surface area contributed by atoms with E-state index in [-0.39, 0.29) is 11.8 Å². The lowest BCUT2D eigenvalue weighted by molar-refractivity contribution is -0.274. The number of halogens is 3. The van der Waals surface area contributed by atoms with Crippen molar-refractivity contribution >= 4 is 0 Å². The maximum absolute atomic E-state index is 12.3. The first-order chi connectivity index (χ1) is 9.37. The van der Waals surface area contributed by atoms with Gasteiger partial charge in [-0.1, -0.05) is 39.3 Å². The standard InChI is InChI=1S/C15H22F3NO/c1-4-7-11(3)14(19-5-2)12-8-6-9-13(10-12)20-15(16,17)18/h6,8-11,14,19H,4-5,7H2,1-3H3. The average molecular weight is 289 g/mol. The van der Waals surface area contributed by atoms with Crippen molar-refractivity contribution in [2.45, 2.75) is 46.0 Å². The lowest BCUT2D eigenvalue weighted by Gasteiger charge is -2.25. The lowest BCUT2D eigenvalue weighted by atomic mass is 9.91. The second kappa shape index (κ2) is 7.53. The first kappa shape index (κ1) is 16.8. The number of hydrogen-bond donors (Lipinski definition) is 1. The monoisotopic (exact) mass is 289 g/mol. The molecular formula is C15H22F3NO. The van der Waals surface area contributed by atoms with E-state index < -0.39 is 6.36 Å². The highest BCUT2D eigenvalue weighted by Crippen LogP contribution is 2.30. The van der Waals surface area contributed by atoms with Gasteiger partial charge in [0.1, 0.15) is 5.75 Å². The number of ether oxygens (including phenoxy) is 1. The van der Waals surface area contributed by atoms with Gasteiger partial charge in [-0.25, -0.2) is 0 Å². The largest absolute Gasteiger partial charge is 0.573 e. The molecule has 0 bridgehead atoms. The molecule has 0 aliphatic carbocycles. The molecule has 0 spiro atoms. The van der Waals surface area contributed by atoms with Gasteiger partial charge in [0.25, 0.3) is 0 Å². The molecule has 1 aromatic carbocycles. The molecule has 0 saturated carbocycles. The Kier molecular flexibility index (Phi) is 6.33. The van der Waals surface area contributed by atoms with Crippen LogP contribution in [0.2, 0.25) is 0 Å². The van der Waals surface area contributed by atoms with Gasteiger partial charge in [-0.15, -0.1) is 13.2 Å². The zero-order valence-corrected chi connectivity index (χ0v) is 12.1. The van der Waals surface area contributed by atoms with Crippen molar-refractivity contribution in [1.29, 1.82) is 0 Å². The van der Waals surface area contributed by atoms with Crippen molar-refractivity contribution in [2.75, 3.05) is 6.54 Å². The molecule has 1 aromatic rings. The van der Waals surface area contributed by atoms with Crippen LogP contribution in [0.25, 0.3) is 0 Å². The van der Waals surface area contributed by atoms with Gasteiger partial charge in [0.15, 0.2) is 0 Å². The van der Waals surface area contributed by atoms with Crippen LogP contribution in [0.3, 0.4) is 0 Å². The molecular weight excluding hydrogens is 267 g/mol. The first-order valence-electron chi connectivity index (χ1n) is 6.96. The molecule has 0 aliphatic heterocycles. The van der Waals surface area contributed by atoms with E-state index in [1.54, 1.807) is 6.07 Å². The van der Waals surface area contributed by atoms with Gasteiger partial charge in [0.05, 0.1) is 0 Å². The second-order valence-corrected chi connectivity index (χ2v) is 4.92. The minimum atomic E-state index is -4.65. The minimum absolute atomic E-state index is 0.0386. The van der Waals surface area contributed by atoms with E-state index in [4.69, 9.17) is 0 Å². The third kappa shape index (κ3) is 5.41. The number of alkyl halides is 3. The highest BCUT2D eigenvalue weighted by Gasteiger charge is 2.31. The van der Waals surface area contributed by atoms with E-state index in [1.807, 2.05) is 13.0 Å². The van der Waals surface area contributed by atoms with Crippen molar-refractivity contribution in [2.24, 2.45) is 5.92 Å². The topological polar surface area (TPSA) is 21.3 Å². The highest BCUT2D eigenvalue weighted by molar-refractivity contribution is 5.31. The van der Waals surface area contributed by atoms with Crippen LogP contribution in [-0.4, -0.2) is 12.9 Å². The minimum Gasteiger partial charge on any atom is -0.406 e. The third-order valence-corrected chi connectivity index (χ3v) is 3.19. The summed E-state index contributed by atoms with van der Waals surface area (Å²) in [5.41, 5.74) is 0.828. The van der Waals surface area contributed by atoms with Gasteiger partial charge in [0, 0.05) is 6.04 Å². The number of nitrogens with one attached hydrogen (secondary N) is 1. The van der Waals surface area contributed by atoms with Gasteiger partial charge in [-0.3, -0.25) is 0 Å². The Morgan fingerprint density at radius 3 is 2.50 bits per heavy atom. The molecule has 2 atom stereocenters. The van der Waals surface area contributed by atoms with Crippen LogP contribution in [0.1, 0.15) is 45.2 Å². The molecule has 0 aromatic heterocycles. The van der Waals surface area contributed by atoms with Gasteiger partial charge in [0.2, 0.25) is 0 Å². The van der Waals surface area contributed by atoms with Crippen molar-refractivity contribution < 1.29 is 17.9 Å². The number of rotatable bonds is 7. The fraction of sp³-hybridized carbons (Fsp3) is 0.600. The van der Waals surface area contributed by atoms with E-state index in [9.17, 15) is 13.2 Å². The zero-order valence-electron chi connectivity index (χ0n) is 12.1. The zero-order chi connectivity index (χ0) is 15.2. The Labute approximate surface area is 118 Å². The lowest BCUT2D eigenvalue weighted by Crippen LogP contribution is -2.27. The molecule has 5 heteroatoms. The fourth-order valence-corrected chi connectivity index (χ4v) is 2.39. The van der Waals surface area contributed by atoms with Crippen LogP contribution in [-0.2, 0) is 0 Å². The predicted octanol–water partition coefficient (Wildman–Crippen LogP) is 4.67. The molecule has 2 nitrogen and oxygen atoms in total. The second-order valence-electron chi connectivity index (χ2n) is 4.92. The Bertz CT molecular complexity index is 406. The van der Waals surface area contributed by atoms with Gasteiger partial charge in [-0.05, 0) is 36.6 Å². The molecule has 1 rings (SSSR count). The molecule has 0 heterocycles. The fourth-order valence-electron chi connectivity index (χ4n) is 2.39. The molecule has 0 radical (unpaired) electrons. The summed E-state index contributed by atoms with van der Waals surface area (Å²) in [5.74, 6) is 0.183. The van der Waals surface area contributed by atoms with Gasteiger partial charge < -0.3 is 10.1 Å². The molecule has 0 saturated heterocycles. The Morgan fingerprint density at radius 1 is 1.25 bits per heavy atom. The number of hydrogen-bond acceptors (Lipinski definition) is 2. The summed E-state index contributed by atoms with van der Waals surface area (Å²) in [7, 11) is 0. The average Bonchev–Trinajstić information content (AvgIpc) is 2.34. The Hall–Kier alpha value is -1.23. The van der Waals surface area contributed by atoms with Gasteiger partial charge >= 0.3 is 6.36 Å². The van der Waals surface area contributed by atoms with E-state index >= 15 is 0 Å². The quantitative estimate of drug-likeness (QED) is 0.787. The van der Waals surface area contributed by atoms with Crippen LogP contribution in [0.15, 0.2) is 24.3 Å². The van der Waals surface area contributed by atoms with E-state index in [2.05, 4.69) is 23.9 Å². The predicted molar refractivity (Wildman–Crippen MR) is 73.6 cm³/mol. The SMILES string of the molecule is CCCC(C)C(NCC)c1cccc(OC(F)(F)F)c1. The third-order valence-electron chi connectivity index (χ3n) is 3.19. The number of benzene rings is 1. The van der Waals surface area contributed by atoms with Gasteiger partial charge in [-0.2, -0.15) is 0 Å². The summed E-state index contributed by atoms with van der Waals surface area (Å²) in [6.07, 6.45) is -2.59. The molecule has 20 heavy (non-hydrogen) atoms. The maximum Gasteiger partial charge on any atom is 0.573 e. The van der Waals surface area contributed by atoms with Crippen molar-refractivity contribution in [3.63, 3.8) is 0 Å². The van der Waals surface area contributed by atoms with E-state index in [1.165, 1.54) is 12.1 Å². The summed E-state index contributed by atoms with van der Waals surface area (Å²) < 4.78 is 40.8. The van der Waals surface area contributed by atoms with E-state index in [0.29, 0.717) is 5.92 Å². The maximum atomic E-state index is 12.3. The first-order valence-corrected chi connectivity index (χ1v) is 6.96.